The molecular weight excluding hydrogens is 352 g/mol. The lowest BCUT2D eigenvalue weighted by Crippen LogP contribution is -2.22. The summed E-state index contributed by atoms with van der Waals surface area (Å²) in [6, 6.07) is 25.0. The first kappa shape index (κ1) is 19.4. The Balaban J connectivity index is 1.87. The molecule has 0 aliphatic heterocycles. The van der Waals surface area contributed by atoms with E-state index in [2.05, 4.69) is 24.3 Å². The molecule has 4 nitrogen and oxygen atoms in total. The predicted molar refractivity (Wildman–Crippen MR) is 108 cm³/mol. The summed E-state index contributed by atoms with van der Waals surface area (Å²) in [6.07, 6.45) is 1.37. The average molecular weight is 374 g/mol. The molecule has 0 aliphatic rings. The Morgan fingerprint density at radius 2 is 1.43 bits per heavy atom. The second kappa shape index (κ2) is 9.51. The predicted octanol–water partition coefficient (Wildman–Crippen LogP) is 4.68. The quantitative estimate of drug-likeness (QED) is 0.511. The van der Waals surface area contributed by atoms with E-state index in [0.717, 1.165) is 23.7 Å². The van der Waals surface area contributed by atoms with E-state index >= 15 is 0 Å². The standard InChI is InChI=1S/C24H22O4/c1-27-24-14-18(16-25)12-13-23(24)28-21(17-26)15-22(19-8-4-2-5-9-19)20-10-6-3-7-11-20/h2-14,16-17,21-22H,15H2,1H3. The molecule has 0 N–H and O–H groups in total. The summed E-state index contributed by atoms with van der Waals surface area (Å²) >= 11 is 0. The van der Waals surface area contributed by atoms with Gasteiger partial charge in [0.25, 0.3) is 0 Å². The molecule has 0 aromatic heterocycles. The molecule has 0 aliphatic carbocycles. The topological polar surface area (TPSA) is 52.6 Å². The van der Waals surface area contributed by atoms with Crippen LogP contribution in [0.1, 0.15) is 33.8 Å². The van der Waals surface area contributed by atoms with Gasteiger partial charge in [-0.05, 0) is 29.3 Å². The largest absolute Gasteiger partial charge is 0.493 e. The van der Waals surface area contributed by atoms with E-state index in [1.807, 2.05) is 36.4 Å². The normalized spacial score (nSPS) is 11.6. The Bertz CT molecular complexity index is 867. The third-order valence-corrected chi connectivity index (χ3v) is 4.63. The van der Waals surface area contributed by atoms with Crippen molar-refractivity contribution in [2.45, 2.75) is 18.4 Å². The van der Waals surface area contributed by atoms with Crippen LogP contribution in [0.3, 0.4) is 0 Å². The summed E-state index contributed by atoms with van der Waals surface area (Å²) in [7, 11) is 1.50. The molecule has 0 bridgehead atoms. The monoisotopic (exact) mass is 374 g/mol. The summed E-state index contributed by atoms with van der Waals surface area (Å²) in [4.78, 5) is 22.8. The lowest BCUT2D eigenvalue weighted by Gasteiger charge is -2.23. The van der Waals surface area contributed by atoms with Gasteiger partial charge in [0.2, 0.25) is 0 Å². The van der Waals surface area contributed by atoms with Crippen molar-refractivity contribution in [2.75, 3.05) is 7.11 Å². The van der Waals surface area contributed by atoms with E-state index in [0.29, 0.717) is 23.5 Å². The summed E-state index contributed by atoms with van der Waals surface area (Å²) in [5, 5.41) is 0. The van der Waals surface area contributed by atoms with Gasteiger partial charge in [-0.2, -0.15) is 0 Å². The van der Waals surface area contributed by atoms with Crippen LogP contribution in [0.15, 0.2) is 78.9 Å². The maximum absolute atomic E-state index is 11.8. The van der Waals surface area contributed by atoms with Crippen LogP contribution in [0, 0.1) is 0 Å². The van der Waals surface area contributed by atoms with Crippen LogP contribution in [-0.4, -0.2) is 25.8 Å². The Morgan fingerprint density at radius 1 is 0.821 bits per heavy atom. The lowest BCUT2D eigenvalue weighted by molar-refractivity contribution is -0.114. The Labute approximate surface area is 164 Å². The number of carbonyl (C=O) groups excluding carboxylic acids is 2. The first-order chi connectivity index (χ1) is 13.7. The Morgan fingerprint density at radius 3 is 1.93 bits per heavy atom. The maximum Gasteiger partial charge on any atom is 0.162 e. The molecule has 0 fully saturated rings. The first-order valence-corrected chi connectivity index (χ1v) is 9.10. The van der Waals surface area contributed by atoms with E-state index < -0.39 is 6.10 Å². The van der Waals surface area contributed by atoms with E-state index in [1.165, 1.54) is 7.11 Å². The van der Waals surface area contributed by atoms with Gasteiger partial charge in [0, 0.05) is 17.9 Å². The fourth-order valence-electron chi connectivity index (χ4n) is 3.22. The summed E-state index contributed by atoms with van der Waals surface area (Å²) in [6.45, 7) is 0. The van der Waals surface area contributed by atoms with Crippen LogP contribution in [0.5, 0.6) is 11.5 Å². The molecule has 0 radical (unpaired) electrons. The van der Waals surface area contributed by atoms with Crippen molar-refractivity contribution in [1.82, 2.24) is 0 Å². The molecule has 28 heavy (non-hydrogen) atoms. The number of ether oxygens (including phenoxy) is 2. The first-order valence-electron chi connectivity index (χ1n) is 9.10. The zero-order valence-corrected chi connectivity index (χ0v) is 15.7. The van der Waals surface area contributed by atoms with Crippen molar-refractivity contribution in [3.8, 4) is 11.5 Å². The van der Waals surface area contributed by atoms with Crippen LogP contribution in [0.4, 0.5) is 0 Å². The van der Waals surface area contributed by atoms with Gasteiger partial charge >= 0.3 is 0 Å². The zero-order chi connectivity index (χ0) is 19.8. The zero-order valence-electron chi connectivity index (χ0n) is 15.7. The van der Waals surface area contributed by atoms with E-state index in [9.17, 15) is 9.59 Å². The van der Waals surface area contributed by atoms with Crippen molar-refractivity contribution >= 4 is 12.6 Å². The number of aldehydes is 2. The van der Waals surface area contributed by atoms with Crippen LogP contribution in [0.25, 0.3) is 0 Å². The van der Waals surface area contributed by atoms with Gasteiger partial charge in [-0.25, -0.2) is 0 Å². The Kier molecular flexibility index (Phi) is 6.58. The number of hydrogen-bond acceptors (Lipinski definition) is 4. The number of benzene rings is 3. The molecule has 1 atom stereocenters. The second-order valence-corrected chi connectivity index (χ2v) is 6.43. The molecule has 3 aromatic rings. The van der Waals surface area contributed by atoms with Crippen LogP contribution in [0.2, 0.25) is 0 Å². The lowest BCUT2D eigenvalue weighted by atomic mass is 9.87. The smallest absolute Gasteiger partial charge is 0.162 e. The van der Waals surface area contributed by atoms with Crippen LogP contribution >= 0.6 is 0 Å². The molecule has 1 unspecified atom stereocenters. The van der Waals surface area contributed by atoms with E-state index in [-0.39, 0.29) is 5.92 Å². The second-order valence-electron chi connectivity index (χ2n) is 6.43. The van der Waals surface area contributed by atoms with Gasteiger partial charge in [-0.1, -0.05) is 60.7 Å². The number of methoxy groups -OCH3 is 1. The molecule has 4 heteroatoms. The van der Waals surface area contributed by atoms with Crippen molar-refractivity contribution in [2.24, 2.45) is 0 Å². The van der Waals surface area contributed by atoms with E-state index in [4.69, 9.17) is 9.47 Å². The highest BCUT2D eigenvalue weighted by Crippen LogP contribution is 2.33. The molecule has 0 amide bonds. The molecule has 3 rings (SSSR count). The number of rotatable bonds is 9. The third-order valence-electron chi connectivity index (χ3n) is 4.63. The minimum Gasteiger partial charge on any atom is -0.493 e. The Hall–Kier alpha value is -3.40. The van der Waals surface area contributed by atoms with Gasteiger partial charge < -0.3 is 9.47 Å². The molecular formula is C24H22O4. The average Bonchev–Trinajstić information content (AvgIpc) is 2.77. The molecule has 0 spiro atoms. The highest BCUT2D eigenvalue weighted by atomic mass is 16.5. The highest BCUT2D eigenvalue weighted by Gasteiger charge is 2.22. The molecule has 3 aromatic carbocycles. The third kappa shape index (κ3) is 4.65. The van der Waals surface area contributed by atoms with Crippen molar-refractivity contribution in [1.29, 1.82) is 0 Å². The van der Waals surface area contributed by atoms with E-state index in [1.54, 1.807) is 18.2 Å². The van der Waals surface area contributed by atoms with Gasteiger partial charge in [0.1, 0.15) is 6.29 Å². The fraction of sp³-hybridized carbons (Fsp3) is 0.167. The minimum absolute atomic E-state index is 0.0119. The maximum atomic E-state index is 11.8. The van der Waals surface area contributed by atoms with Gasteiger partial charge in [-0.15, -0.1) is 0 Å². The van der Waals surface area contributed by atoms with Crippen molar-refractivity contribution in [3.63, 3.8) is 0 Å². The summed E-state index contributed by atoms with van der Waals surface area (Å²) in [5.41, 5.74) is 2.72. The van der Waals surface area contributed by atoms with Gasteiger partial charge in [-0.3, -0.25) is 9.59 Å². The van der Waals surface area contributed by atoms with Crippen molar-refractivity contribution < 1.29 is 19.1 Å². The SMILES string of the molecule is COc1cc(C=O)ccc1OC(C=O)CC(c1ccccc1)c1ccccc1. The molecule has 0 saturated heterocycles. The molecule has 0 saturated carbocycles. The summed E-state index contributed by atoms with van der Waals surface area (Å²) < 4.78 is 11.3. The molecule has 0 heterocycles. The number of hydrogen-bond donors (Lipinski definition) is 0. The van der Waals surface area contributed by atoms with Crippen LogP contribution < -0.4 is 9.47 Å². The van der Waals surface area contributed by atoms with Gasteiger partial charge in [0.15, 0.2) is 23.9 Å². The number of carbonyl (C=O) groups is 2. The van der Waals surface area contributed by atoms with Crippen LogP contribution in [-0.2, 0) is 4.79 Å². The summed E-state index contributed by atoms with van der Waals surface area (Å²) in [5.74, 6) is 0.871. The highest BCUT2D eigenvalue weighted by molar-refractivity contribution is 5.76. The fourth-order valence-corrected chi connectivity index (χ4v) is 3.22. The van der Waals surface area contributed by atoms with Crippen molar-refractivity contribution in [3.05, 3.63) is 95.6 Å². The van der Waals surface area contributed by atoms with Gasteiger partial charge in [0.05, 0.1) is 7.11 Å². The minimum atomic E-state index is -0.665. The molecule has 142 valence electrons.